The molecular formula is C12H10Br2N2O2. The van der Waals surface area contributed by atoms with E-state index < -0.39 is 0 Å². The van der Waals surface area contributed by atoms with Gasteiger partial charge < -0.3 is 4.74 Å². The summed E-state index contributed by atoms with van der Waals surface area (Å²) in [5.74, 6) is 0.769. The maximum atomic E-state index is 12.0. The van der Waals surface area contributed by atoms with Crippen LogP contribution in [0.5, 0.6) is 5.75 Å². The molecule has 1 aromatic carbocycles. The van der Waals surface area contributed by atoms with Crippen molar-refractivity contribution in [1.29, 1.82) is 0 Å². The number of benzene rings is 1. The molecule has 2 rings (SSSR count). The highest BCUT2D eigenvalue weighted by molar-refractivity contribution is 9.13. The summed E-state index contributed by atoms with van der Waals surface area (Å²) in [6.45, 7) is 2.53. The number of aromatic nitrogens is 2. The van der Waals surface area contributed by atoms with Crippen molar-refractivity contribution < 1.29 is 4.74 Å². The van der Waals surface area contributed by atoms with E-state index in [0.29, 0.717) is 21.2 Å². The smallest absolute Gasteiger partial charge is 0.286 e. The van der Waals surface area contributed by atoms with Crippen LogP contribution < -0.4 is 10.3 Å². The Bertz CT molecular complexity index is 608. The first-order chi connectivity index (χ1) is 8.63. The first-order valence-corrected chi connectivity index (χ1v) is 6.88. The van der Waals surface area contributed by atoms with Gasteiger partial charge >= 0.3 is 0 Å². The highest BCUT2D eigenvalue weighted by atomic mass is 79.9. The van der Waals surface area contributed by atoms with Crippen molar-refractivity contribution in [3.05, 3.63) is 49.8 Å². The molecule has 0 atom stereocenters. The predicted octanol–water partition coefficient (Wildman–Crippen LogP) is 3.16. The topological polar surface area (TPSA) is 44.1 Å². The molecule has 0 amide bonds. The Morgan fingerprint density at radius 3 is 2.56 bits per heavy atom. The van der Waals surface area contributed by atoms with Crippen molar-refractivity contribution in [2.75, 3.05) is 6.61 Å². The third-order valence-electron chi connectivity index (χ3n) is 2.27. The van der Waals surface area contributed by atoms with E-state index in [4.69, 9.17) is 4.74 Å². The van der Waals surface area contributed by atoms with Gasteiger partial charge in [0.1, 0.15) is 10.2 Å². The van der Waals surface area contributed by atoms with E-state index in [1.807, 2.05) is 19.1 Å². The summed E-state index contributed by atoms with van der Waals surface area (Å²) in [4.78, 5) is 12.0. The van der Waals surface area contributed by atoms with E-state index in [0.717, 1.165) is 5.75 Å². The van der Waals surface area contributed by atoms with Gasteiger partial charge in [-0.3, -0.25) is 4.79 Å². The van der Waals surface area contributed by atoms with Crippen LogP contribution in [-0.4, -0.2) is 16.4 Å². The average molecular weight is 374 g/mol. The van der Waals surface area contributed by atoms with Crippen LogP contribution in [-0.2, 0) is 0 Å². The maximum Gasteiger partial charge on any atom is 0.286 e. The second kappa shape index (κ2) is 5.67. The Labute approximate surface area is 121 Å². The first-order valence-electron chi connectivity index (χ1n) is 5.30. The predicted molar refractivity (Wildman–Crippen MR) is 76.4 cm³/mol. The highest BCUT2D eigenvalue weighted by Gasteiger charge is 2.08. The van der Waals surface area contributed by atoms with E-state index in [-0.39, 0.29) is 5.56 Å². The highest BCUT2D eigenvalue weighted by Crippen LogP contribution is 2.18. The molecule has 1 aromatic heterocycles. The lowest BCUT2D eigenvalue weighted by Gasteiger charge is -2.07. The Morgan fingerprint density at radius 2 is 1.94 bits per heavy atom. The molecule has 0 aliphatic rings. The fourth-order valence-corrected chi connectivity index (χ4v) is 1.98. The van der Waals surface area contributed by atoms with Crippen LogP contribution in [0.25, 0.3) is 5.69 Å². The van der Waals surface area contributed by atoms with Gasteiger partial charge in [0.05, 0.1) is 23.0 Å². The lowest BCUT2D eigenvalue weighted by atomic mass is 10.3. The van der Waals surface area contributed by atoms with Gasteiger partial charge in [0.15, 0.2) is 0 Å². The zero-order valence-corrected chi connectivity index (χ0v) is 12.7. The molecule has 0 fully saturated rings. The van der Waals surface area contributed by atoms with Crippen LogP contribution in [0.4, 0.5) is 0 Å². The largest absolute Gasteiger partial charge is 0.494 e. The SMILES string of the molecule is CCOc1ccc(-n2ncc(Br)c(Br)c2=O)cc1. The molecule has 4 nitrogen and oxygen atoms in total. The number of ether oxygens (including phenoxy) is 1. The Balaban J connectivity index is 2.43. The average Bonchev–Trinajstić information content (AvgIpc) is 2.38. The van der Waals surface area contributed by atoms with Gasteiger partial charge in [-0.25, -0.2) is 0 Å². The number of halogens is 2. The monoisotopic (exact) mass is 372 g/mol. The van der Waals surface area contributed by atoms with E-state index in [1.165, 1.54) is 4.68 Å². The van der Waals surface area contributed by atoms with E-state index in [2.05, 4.69) is 37.0 Å². The second-order valence-corrected chi connectivity index (χ2v) is 5.10. The third-order valence-corrected chi connectivity index (χ3v) is 4.17. The van der Waals surface area contributed by atoms with Gasteiger partial charge in [-0.1, -0.05) is 0 Å². The van der Waals surface area contributed by atoms with E-state index in [1.54, 1.807) is 18.3 Å². The molecule has 1 heterocycles. The van der Waals surface area contributed by atoms with Crippen molar-refractivity contribution in [3.63, 3.8) is 0 Å². The molecule has 0 radical (unpaired) electrons. The van der Waals surface area contributed by atoms with Gasteiger partial charge in [0.25, 0.3) is 5.56 Å². The van der Waals surface area contributed by atoms with E-state index >= 15 is 0 Å². The number of nitrogens with zero attached hydrogens (tertiary/aromatic N) is 2. The normalized spacial score (nSPS) is 10.4. The number of hydrogen-bond acceptors (Lipinski definition) is 3. The summed E-state index contributed by atoms with van der Waals surface area (Å²) in [5.41, 5.74) is 0.477. The lowest BCUT2D eigenvalue weighted by molar-refractivity contribution is 0.340. The van der Waals surface area contributed by atoms with Crippen LogP contribution in [0.15, 0.2) is 44.2 Å². The van der Waals surface area contributed by atoms with E-state index in [9.17, 15) is 4.79 Å². The zero-order chi connectivity index (χ0) is 13.1. The second-order valence-electron chi connectivity index (χ2n) is 3.45. The molecule has 6 heteroatoms. The molecule has 0 N–H and O–H groups in total. The van der Waals surface area contributed by atoms with Crippen molar-refractivity contribution in [2.45, 2.75) is 6.92 Å². The Hall–Kier alpha value is -1.14. The summed E-state index contributed by atoms with van der Waals surface area (Å²) >= 11 is 6.46. The fourth-order valence-electron chi connectivity index (χ4n) is 1.45. The number of rotatable bonds is 3. The quantitative estimate of drug-likeness (QED) is 0.830. The molecular weight excluding hydrogens is 364 g/mol. The van der Waals surface area contributed by atoms with Crippen LogP contribution in [0.2, 0.25) is 0 Å². The number of hydrogen-bond donors (Lipinski definition) is 0. The van der Waals surface area contributed by atoms with Gasteiger partial charge in [-0.2, -0.15) is 9.78 Å². The van der Waals surface area contributed by atoms with Crippen LogP contribution >= 0.6 is 31.9 Å². The minimum Gasteiger partial charge on any atom is -0.494 e. The molecule has 0 aliphatic heterocycles. The fraction of sp³-hybridized carbons (Fsp3) is 0.167. The van der Waals surface area contributed by atoms with Gasteiger partial charge in [0, 0.05) is 0 Å². The molecule has 18 heavy (non-hydrogen) atoms. The van der Waals surface area contributed by atoms with Gasteiger partial charge in [-0.15, -0.1) is 0 Å². The van der Waals surface area contributed by atoms with Crippen molar-refractivity contribution in [1.82, 2.24) is 9.78 Å². The summed E-state index contributed by atoms with van der Waals surface area (Å²) < 4.78 is 7.75. The van der Waals surface area contributed by atoms with Crippen LogP contribution in [0.1, 0.15) is 6.92 Å². The standard InChI is InChI=1S/C12H10Br2N2O2/c1-2-18-9-5-3-8(4-6-9)16-12(17)11(14)10(13)7-15-16/h3-7H,2H2,1H3. The summed E-state index contributed by atoms with van der Waals surface area (Å²) in [7, 11) is 0. The molecule has 0 bridgehead atoms. The molecule has 0 saturated heterocycles. The Kier molecular flexibility index (Phi) is 4.19. The molecule has 0 saturated carbocycles. The Morgan fingerprint density at radius 1 is 1.28 bits per heavy atom. The molecule has 0 spiro atoms. The molecule has 2 aromatic rings. The summed E-state index contributed by atoms with van der Waals surface area (Å²) in [5, 5.41) is 4.07. The molecule has 0 aliphatic carbocycles. The zero-order valence-electron chi connectivity index (χ0n) is 9.56. The van der Waals surface area contributed by atoms with Crippen LogP contribution in [0.3, 0.4) is 0 Å². The minimum absolute atomic E-state index is 0.214. The summed E-state index contributed by atoms with van der Waals surface area (Å²) in [6.07, 6.45) is 1.57. The summed E-state index contributed by atoms with van der Waals surface area (Å²) in [6, 6.07) is 7.20. The van der Waals surface area contributed by atoms with Gasteiger partial charge in [0.2, 0.25) is 0 Å². The maximum absolute atomic E-state index is 12.0. The molecule has 94 valence electrons. The minimum atomic E-state index is -0.214. The van der Waals surface area contributed by atoms with Gasteiger partial charge in [-0.05, 0) is 63.0 Å². The molecule has 0 unspecified atom stereocenters. The lowest BCUT2D eigenvalue weighted by Crippen LogP contribution is -2.21. The van der Waals surface area contributed by atoms with Crippen molar-refractivity contribution in [2.24, 2.45) is 0 Å². The first kappa shape index (κ1) is 13.3. The van der Waals surface area contributed by atoms with Crippen LogP contribution in [0, 0.1) is 0 Å². The van der Waals surface area contributed by atoms with Crippen molar-refractivity contribution in [3.8, 4) is 11.4 Å². The third kappa shape index (κ3) is 2.64. The van der Waals surface area contributed by atoms with Crippen molar-refractivity contribution >= 4 is 31.9 Å².